The largest absolute Gasteiger partial charge is 0.494 e. The molecule has 0 radical (unpaired) electrons. The minimum Gasteiger partial charge on any atom is -0.494 e. The number of oxazole rings is 1. The molecule has 6 heteroatoms. The number of nitrogens with zero attached hydrogens (tertiary/aromatic N) is 2. The maximum Gasteiger partial charge on any atom is 0.251 e. The van der Waals surface area contributed by atoms with Crippen LogP contribution in [0.1, 0.15) is 29.3 Å². The minimum absolute atomic E-state index is 0.124. The van der Waals surface area contributed by atoms with Crippen LogP contribution in [0.15, 0.2) is 71.3 Å². The summed E-state index contributed by atoms with van der Waals surface area (Å²) in [7, 11) is 0. The predicted molar refractivity (Wildman–Crippen MR) is 111 cm³/mol. The van der Waals surface area contributed by atoms with Gasteiger partial charge in [0.25, 0.3) is 5.91 Å². The van der Waals surface area contributed by atoms with Crippen molar-refractivity contribution in [3.05, 3.63) is 78.0 Å². The molecule has 0 unspecified atom stereocenters. The van der Waals surface area contributed by atoms with Gasteiger partial charge in [-0.05, 0) is 60.5 Å². The van der Waals surface area contributed by atoms with Crippen molar-refractivity contribution in [2.75, 3.05) is 6.61 Å². The van der Waals surface area contributed by atoms with Crippen molar-refractivity contribution in [2.45, 2.75) is 19.9 Å². The van der Waals surface area contributed by atoms with E-state index in [-0.39, 0.29) is 5.91 Å². The van der Waals surface area contributed by atoms with Crippen LogP contribution in [-0.4, -0.2) is 22.5 Å². The molecule has 0 saturated heterocycles. The normalized spacial score (nSPS) is 10.8. The number of aromatic nitrogens is 2. The van der Waals surface area contributed by atoms with Crippen molar-refractivity contribution in [2.24, 2.45) is 0 Å². The summed E-state index contributed by atoms with van der Waals surface area (Å²) in [6, 6.07) is 18.6. The molecule has 4 aromatic rings. The van der Waals surface area contributed by atoms with Crippen LogP contribution < -0.4 is 10.1 Å². The second kappa shape index (κ2) is 8.56. The lowest BCUT2D eigenvalue weighted by Crippen LogP contribution is -2.22. The van der Waals surface area contributed by atoms with E-state index < -0.39 is 0 Å². The topological polar surface area (TPSA) is 77.2 Å². The number of amides is 1. The third kappa shape index (κ3) is 4.43. The summed E-state index contributed by atoms with van der Waals surface area (Å²) in [4.78, 5) is 20.9. The Bertz CT molecular complexity index is 1070. The van der Waals surface area contributed by atoms with E-state index >= 15 is 0 Å². The van der Waals surface area contributed by atoms with Gasteiger partial charge in [0.2, 0.25) is 5.89 Å². The first-order valence-electron chi connectivity index (χ1n) is 9.55. The number of hydrogen-bond donors (Lipinski definition) is 1. The number of pyridine rings is 1. The molecule has 0 atom stereocenters. The summed E-state index contributed by atoms with van der Waals surface area (Å²) in [5.41, 5.74) is 3.69. The van der Waals surface area contributed by atoms with Crippen LogP contribution in [0.3, 0.4) is 0 Å². The molecule has 4 rings (SSSR count). The maximum absolute atomic E-state index is 12.3. The van der Waals surface area contributed by atoms with Crippen LogP contribution in [0.5, 0.6) is 5.75 Å². The number of benzene rings is 2. The lowest BCUT2D eigenvalue weighted by atomic mass is 10.1. The summed E-state index contributed by atoms with van der Waals surface area (Å²) in [5.74, 6) is 1.18. The minimum atomic E-state index is -0.124. The van der Waals surface area contributed by atoms with E-state index in [9.17, 15) is 4.79 Å². The van der Waals surface area contributed by atoms with E-state index in [4.69, 9.17) is 9.15 Å². The zero-order valence-electron chi connectivity index (χ0n) is 16.1. The number of nitrogens with one attached hydrogen (secondary N) is 1. The van der Waals surface area contributed by atoms with Crippen LogP contribution in [0, 0.1) is 0 Å². The van der Waals surface area contributed by atoms with Gasteiger partial charge in [-0.1, -0.05) is 19.1 Å². The van der Waals surface area contributed by atoms with Gasteiger partial charge >= 0.3 is 0 Å². The van der Waals surface area contributed by atoms with Crippen LogP contribution in [0.25, 0.3) is 22.7 Å². The number of hydrogen-bond acceptors (Lipinski definition) is 5. The lowest BCUT2D eigenvalue weighted by molar-refractivity contribution is 0.0951. The molecule has 0 aliphatic heterocycles. The van der Waals surface area contributed by atoms with Crippen molar-refractivity contribution < 1.29 is 13.9 Å². The van der Waals surface area contributed by atoms with Gasteiger partial charge in [0.1, 0.15) is 5.75 Å². The van der Waals surface area contributed by atoms with Gasteiger partial charge in [-0.3, -0.25) is 4.79 Å². The first-order chi connectivity index (χ1) is 14.2. The van der Waals surface area contributed by atoms with E-state index in [0.717, 1.165) is 23.3 Å². The molecular formula is C23H21N3O3. The van der Waals surface area contributed by atoms with Crippen molar-refractivity contribution >= 4 is 17.1 Å². The fraction of sp³-hybridized carbons (Fsp3) is 0.174. The molecule has 0 aliphatic rings. The van der Waals surface area contributed by atoms with Crippen LogP contribution in [0.2, 0.25) is 0 Å². The average molecular weight is 387 g/mol. The van der Waals surface area contributed by atoms with E-state index in [1.54, 1.807) is 18.3 Å². The molecular weight excluding hydrogens is 366 g/mol. The van der Waals surface area contributed by atoms with Gasteiger partial charge in [0.05, 0.1) is 6.61 Å². The van der Waals surface area contributed by atoms with Gasteiger partial charge in [-0.2, -0.15) is 4.98 Å². The Morgan fingerprint density at radius 2 is 1.86 bits per heavy atom. The highest BCUT2D eigenvalue weighted by molar-refractivity contribution is 5.94. The zero-order valence-corrected chi connectivity index (χ0v) is 16.1. The molecule has 0 aliphatic carbocycles. The van der Waals surface area contributed by atoms with E-state index in [2.05, 4.69) is 22.2 Å². The number of carbonyl (C=O) groups excluding carboxylic acids is 1. The summed E-state index contributed by atoms with van der Waals surface area (Å²) in [6.45, 7) is 3.16. The molecule has 2 aromatic carbocycles. The smallest absolute Gasteiger partial charge is 0.251 e. The van der Waals surface area contributed by atoms with Gasteiger partial charge in [0, 0.05) is 23.9 Å². The maximum atomic E-state index is 12.3. The molecule has 0 fully saturated rings. The average Bonchev–Trinajstić information content (AvgIpc) is 3.21. The quantitative estimate of drug-likeness (QED) is 0.501. The Hall–Kier alpha value is -3.67. The molecule has 0 saturated carbocycles. The van der Waals surface area contributed by atoms with Gasteiger partial charge in [0.15, 0.2) is 11.2 Å². The molecule has 0 spiro atoms. The van der Waals surface area contributed by atoms with Gasteiger partial charge in [-0.15, -0.1) is 0 Å². The standard InChI is InChI=1S/C23H21N3O3/c1-2-14-28-19-11-9-17(10-12-19)22(27)25-15-16-5-7-18(8-6-16)23-26-21-20(29-23)4-3-13-24-21/h3-13H,2,14-15H2,1H3,(H,25,27). The Balaban J connectivity index is 1.36. The Morgan fingerprint density at radius 3 is 2.59 bits per heavy atom. The van der Waals surface area contributed by atoms with E-state index in [1.807, 2.05) is 48.5 Å². The van der Waals surface area contributed by atoms with Crippen molar-refractivity contribution in [1.82, 2.24) is 15.3 Å². The summed E-state index contributed by atoms with van der Waals surface area (Å²) in [5, 5.41) is 2.93. The molecule has 6 nitrogen and oxygen atoms in total. The molecule has 2 heterocycles. The highest BCUT2D eigenvalue weighted by atomic mass is 16.5. The Kier molecular flexibility index (Phi) is 5.52. The Labute approximate surface area is 168 Å². The monoisotopic (exact) mass is 387 g/mol. The predicted octanol–water partition coefficient (Wildman–Crippen LogP) is 4.61. The third-order valence-corrected chi connectivity index (χ3v) is 4.41. The first-order valence-corrected chi connectivity index (χ1v) is 9.55. The van der Waals surface area contributed by atoms with Crippen molar-refractivity contribution in [3.63, 3.8) is 0 Å². The highest BCUT2D eigenvalue weighted by Gasteiger charge is 2.09. The molecule has 2 aromatic heterocycles. The van der Waals surface area contributed by atoms with Crippen LogP contribution in [-0.2, 0) is 6.54 Å². The second-order valence-corrected chi connectivity index (χ2v) is 6.60. The molecule has 29 heavy (non-hydrogen) atoms. The number of fused-ring (bicyclic) bond motifs is 1. The SMILES string of the molecule is CCCOc1ccc(C(=O)NCc2ccc(-c3nc4ncccc4o3)cc2)cc1. The molecule has 1 amide bonds. The fourth-order valence-corrected chi connectivity index (χ4v) is 2.86. The van der Waals surface area contributed by atoms with Crippen LogP contribution in [0.4, 0.5) is 0 Å². The van der Waals surface area contributed by atoms with Gasteiger partial charge in [-0.25, -0.2) is 4.98 Å². The third-order valence-electron chi connectivity index (χ3n) is 4.41. The van der Waals surface area contributed by atoms with Gasteiger partial charge < -0.3 is 14.5 Å². The summed E-state index contributed by atoms with van der Waals surface area (Å²) in [6.07, 6.45) is 2.64. The zero-order chi connectivity index (χ0) is 20.1. The summed E-state index contributed by atoms with van der Waals surface area (Å²) >= 11 is 0. The number of ether oxygens (including phenoxy) is 1. The molecule has 146 valence electrons. The lowest BCUT2D eigenvalue weighted by Gasteiger charge is -2.08. The summed E-state index contributed by atoms with van der Waals surface area (Å²) < 4.78 is 11.3. The molecule has 1 N–H and O–H groups in total. The van der Waals surface area contributed by atoms with Crippen molar-refractivity contribution in [3.8, 4) is 17.2 Å². The number of rotatable bonds is 7. The number of carbonyl (C=O) groups is 1. The van der Waals surface area contributed by atoms with Crippen LogP contribution >= 0.6 is 0 Å². The molecule has 0 bridgehead atoms. The van der Waals surface area contributed by atoms with Crippen molar-refractivity contribution in [1.29, 1.82) is 0 Å². The van der Waals surface area contributed by atoms with E-state index in [1.165, 1.54) is 0 Å². The van der Waals surface area contributed by atoms with E-state index in [0.29, 0.717) is 35.8 Å². The first kappa shape index (κ1) is 18.7. The highest BCUT2D eigenvalue weighted by Crippen LogP contribution is 2.23. The second-order valence-electron chi connectivity index (χ2n) is 6.60. The fourth-order valence-electron chi connectivity index (χ4n) is 2.86. The Morgan fingerprint density at radius 1 is 1.07 bits per heavy atom.